The maximum atomic E-state index is 13.5. The summed E-state index contributed by atoms with van der Waals surface area (Å²) < 4.78 is 31.8. The lowest BCUT2D eigenvalue weighted by atomic mass is 10.1. The third-order valence-electron chi connectivity index (χ3n) is 2.70. The summed E-state index contributed by atoms with van der Waals surface area (Å²) in [5.41, 5.74) is -0.769. The Morgan fingerprint density at radius 2 is 1.62 bits per heavy atom. The normalized spacial score (nSPS) is 10.2. The van der Waals surface area contributed by atoms with Crippen LogP contribution >= 0.6 is 0 Å². The minimum Gasteiger partial charge on any atom is -0.477 e. The standard InChI is InChI=1S/C15H10F2O4/c16-11-6-10(7-12(17)13(11)14(18)19)15(20)21-8-9-4-2-1-3-5-9/h1-7H,8H2,(H,18,19). The number of benzene rings is 2. The number of carbonyl (C=O) groups excluding carboxylic acids is 1. The Bertz CT molecular complexity index is 660. The van der Waals surface area contributed by atoms with Gasteiger partial charge in [0.05, 0.1) is 5.56 Å². The quantitative estimate of drug-likeness (QED) is 0.880. The fourth-order valence-electron chi connectivity index (χ4n) is 1.70. The molecule has 0 radical (unpaired) electrons. The van der Waals surface area contributed by atoms with E-state index in [4.69, 9.17) is 9.84 Å². The minimum absolute atomic E-state index is 0.0520. The zero-order valence-electron chi connectivity index (χ0n) is 10.7. The Labute approximate surface area is 118 Å². The van der Waals surface area contributed by atoms with Gasteiger partial charge in [0.1, 0.15) is 23.8 Å². The van der Waals surface area contributed by atoms with Crippen molar-refractivity contribution in [2.24, 2.45) is 0 Å². The highest BCUT2D eigenvalue weighted by Gasteiger charge is 2.20. The molecule has 0 amide bonds. The predicted octanol–water partition coefficient (Wildman–Crippen LogP) is 3.02. The lowest BCUT2D eigenvalue weighted by Gasteiger charge is -2.06. The van der Waals surface area contributed by atoms with Crippen molar-refractivity contribution in [3.05, 3.63) is 70.8 Å². The molecule has 2 rings (SSSR count). The van der Waals surface area contributed by atoms with E-state index in [1.807, 2.05) is 0 Å². The summed E-state index contributed by atoms with van der Waals surface area (Å²) >= 11 is 0. The molecule has 0 aliphatic heterocycles. The van der Waals surface area contributed by atoms with Gasteiger partial charge in [-0.2, -0.15) is 0 Å². The molecule has 2 aromatic carbocycles. The molecule has 0 heterocycles. The van der Waals surface area contributed by atoms with Crippen LogP contribution in [0.25, 0.3) is 0 Å². The zero-order chi connectivity index (χ0) is 15.4. The fraction of sp³-hybridized carbons (Fsp3) is 0.0667. The van der Waals surface area contributed by atoms with Crippen molar-refractivity contribution in [2.75, 3.05) is 0 Å². The molecule has 2 aromatic rings. The molecule has 0 aliphatic rings. The smallest absolute Gasteiger partial charge is 0.341 e. The van der Waals surface area contributed by atoms with Gasteiger partial charge in [-0.05, 0) is 17.7 Å². The number of carboxylic acids is 1. The van der Waals surface area contributed by atoms with E-state index in [-0.39, 0.29) is 12.2 Å². The van der Waals surface area contributed by atoms with Crippen LogP contribution in [0.2, 0.25) is 0 Å². The highest BCUT2D eigenvalue weighted by Crippen LogP contribution is 2.17. The Morgan fingerprint density at radius 1 is 1.05 bits per heavy atom. The van der Waals surface area contributed by atoms with Gasteiger partial charge >= 0.3 is 11.9 Å². The Hall–Kier alpha value is -2.76. The third-order valence-corrected chi connectivity index (χ3v) is 2.70. The number of ether oxygens (including phenoxy) is 1. The van der Waals surface area contributed by atoms with E-state index in [1.54, 1.807) is 30.3 Å². The summed E-state index contributed by atoms with van der Waals surface area (Å²) in [5, 5.41) is 8.63. The molecule has 0 saturated carbocycles. The summed E-state index contributed by atoms with van der Waals surface area (Å²) in [6.45, 7) is -0.0520. The summed E-state index contributed by atoms with van der Waals surface area (Å²) in [6, 6.07) is 10.0. The van der Waals surface area contributed by atoms with E-state index in [1.165, 1.54) is 0 Å². The van der Waals surface area contributed by atoms with Crippen LogP contribution in [-0.2, 0) is 11.3 Å². The van der Waals surface area contributed by atoms with Crippen molar-refractivity contribution in [3.8, 4) is 0 Å². The number of rotatable bonds is 4. The SMILES string of the molecule is O=C(OCc1ccccc1)c1cc(F)c(C(=O)O)c(F)c1. The van der Waals surface area contributed by atoms with Gasteiger partial charge < -0.3 is 9.84 Å². The van der Waals surface area contributed by atoms with Crippen LogP contribution in [0.15, 0.2) is 42.5 Å². The molecule has 0 aromatic heterocycles. The van der Waals surface area contributed by atoms with Crippen molar-refractivity contribution < 1.29 is 28.2 Å². The molecular weight excluding hydrogens is 282 g/mol. The molecule has 0 spiro atoms. The zero-order valence-corrected chi connectivity index (χ0v) is 10.7. The summed E-state index contributed by atoms with van der Waals surface area (Å²) in [5.74, 6) is -5.33. The average Bonchev–Trinajstić information content (AvgIpc) is 2.44. The van der Waals surface area contributed by atoms with Crippen LogP contribution in [0.5, 0.6) is 0 Å². The van der Waals surface area contributed by atoms with Crippen molar-refractivity contribution in [3.63, 3.8) is 0 Å². The van der Waals surface area contributed by atoms with Gasteiger partial charge in [-0.15, -0.1) is 0 Å². The van der Waals surface area contributed by atoms with Gasteiger partial charge in [-0.1, -0.05) is 30.3 Å². The van der Waals surface area contributed by atoms with Crippen molar-refractivity contribution in [1.29, 1.82) is 0 Å². The molecule has 1 N–H and O–H groups in total. The van der Waals surface area contributed by atoms with Crippen LogP contribution in [0.1, 0.15) is 26.3 Å². The second-order valence-corrected chi connectivity index (χ2v) is 4.18. The number of esters is 1. The predicted molar refractivity (Wildman–Crippen MR) is 68.9 cm³/mol. The summed E-state index contributed by atoms with van der Waals surface area (Å²) in [4.78, 5) is 22.3. The van der Waals surface area contributed by atoms with Crippen LogP contribution in [0, 0.1) is 11.6 Å². The summed E-state index contributed by atoms with van der Waals surface area (Å²) in [7, 11) is 0. The third kappa shape index (κ3) is 3.42. The van der Waals surface area contributed by atoms with E-state index in [9.17, 15) is 18.4 Å². The first-order valence-electron chi connectivity index (χ1n) is 5.92. The van der Waals surface area contributed by atoms with Crippen molar-refractivity contribution in [2.45, 2.75) is 6.61 Å². The molecular formula is C15H10F2O4. The molecule has 0 fully saturated rings. The average molecular weight is 292 g/mol. The Morgan fingerprint density at radius 3 is 2.14 bits per heavy atom. The first kappa shape index (κ1) is 14.6. The largest absolute Gasteiger partial charge is 0.477 e. The maximum absolute atomic E-state index is 13.5. The van der Waals surface area contributed by atoms with Gasteiger partial charge in [0, 0.05) is 0 Å². The maximum Gasteiger partial charge on any atom is 0.341 e. The molecule has 4 nitrogen and oxygen atoms in total. The van der Waals surface area contributed by atoms with Gasteiger partial charge in [-0.25, -0.2) is 18.4 Å². The van der Waals surface area contributed by atoms with Crippen LogP contribution < -0.4 is 0 Å². The number of hydrogen-bond acceptors (Lipinski definition) is 3. The molecule has 0 atom stereocenters. The van der Waals surface area contributed by atoms with Crippen LogP contribution in [0.3, 0.4) is 0 Å². The molecule has 108 valence electrons. The molecule has 0 unspecified atom stereocenters. The monoisotopic (exact) mass is 292 g/mol. The van der Waals surface area contributed by atoms with Crippen molar-refractivity contribution >= 4 is 11.9 Å². The van der Waals surface area contributed by atoms with Crippen LogP contribution in [-0.4, -0.2) is 17.0 Å². The van der Waals surface area contributed by atoms with E-state index >= 15 is 0 Å². The number of carbonyl (C=O) groups is 2. The number of aromatic carboxylic acids is 1. The number of halogens is 2. The molecule has 0 bridgehead atoms. The van der Waals surface area contributed by atoms with Gasteiger partial charge in [0.15, 0.2) is 0 Å². The van der Waals surface area contributed by atoms with E-state index in [0.717, 1.165) is 0 Å². The van der Waals surface area contributed by atoms with E-state index in [0.29, 0.717) is 17.7 Å². The molecule has 21 heavy (non-hydrogen) atoms. The lowest BCUT2D eigenvalue weighted by molar-refractivity contribution is 0.0470. The minimum atomic E-state index is -1.74. The van der Waals surface area contributed by atoms with Crippen LogP contribution in [0.4, 0.5) is 8.78 Å². The Balaban J connectivity index is 2.15. The number of carboxylic acid groups (broad SMARTS) is 1. The Kier molecular flexibility index (Phi) is 4.27. The van der Waals surface area contributed by atoms with Gasteiger partial charge in [-0.3, -0.25) is 0 Å². The first-order valence-corrected chi connectivity index (χ1v) is 5.92. The second kappa shape index (κ2) is 6.13. The molecule has 0 aliphatic carbocycles. The molecule has 0 saturated heterocycles. The highest BCUT2D eigenvalue weighted by molar-refractivity contribution is 5.93. The fourth-order valence-corrected chi connectivity index (χ4v) is 1.70. The van der Waals surface area contributed by atoms with Gasteiger partial charge in [0.25, 0.3) is 0 Å². The van der Waals surface area contributed by atoms with Crippen molar-refractivity contribution in [1.82, 2.24) is 0 Å². The van der Waals surface area contributed by atoms with E-state index in [2.05, 4.69) is 0 Å². The molecule has 6 heteroatoms. The second-order valence-electron chi connectivity index (χ2n) is 4.18. The summed E-state index contributed by atoms with van der Waals surface area (Å²) in [6.07, 6.45) is 0. The first-order chi connectivity index (χ1) is 9.99. The lowest BCUT2D eigenvalue weighted by Crippen LogP contribution is -2.10. The van der Waals surface area contributed by atoms with Gasteiger partial charge in [0.2, 0.25) is 0 Å². The van der Waals surface area contributed by atoms with E-state index < -0.39 is 29.1 Å². The number of hydrogen-bond donors (Lipinski definition) is 1. The highest BCUT2D eigenvalue weighted by atomic mass is 19.1. The topological polar surface area (TPSA) is 63.6 Å².